The molecule has 9 heteroatoms. The van der Waals surface area contributed by atoms with Crippen LogP contribution in [0.1, 0.15) is 21.6 Å². The number of nitrogen functional groups attached to an aromatic ring is 1. The minimum atomic E-state index is -4.59. The number of nitrogens with one attached hydrogen (secondary N) is 2. The molecule has 4 N–H and O–H groups in total. The third kappa shape index (κ3) is 3.18. The standard InChI is InChI=1S/C12H10BrF3N4O/c1-5-9(10(17)20-19-5)11(21)18-8-3-2-6(13)4-7(8)12(14,15)16/h2-4H,1H3,(H,18,21)(H3,17,19,20). The van der Waals surface area contributed by atoms with E-state index in [9.17, 15) is 18.0 Å². The first kappa shape index (κ1) is 15.4. The fourth-order valence-electron chi connectivity index (χ4n) is 1.78. The van der Waals surface area contributed by atoms with Gasteiger partial charge in [0.1, 0.15) is 5.56 Å². The van der Waals surface area contributed by atoms with Gasteiger partial charge in [-0.15, -0.1) is 0 Å². The molecule has 0 fully saturated rings. The Morgan fingerprint density at radius 1 is 1.43 bits per heavy atom. The number of halogens is 4. The van der Waals surface area contributed by atoms with Gasteiger partial charge in [-0.2, -0.15) is 18.3 Å². The van der Waals surface area contributed by atoms with E-state index < -0.39 is 17.6 Å². The molecule has 0 bridgehead atoms. The fourth-order valence-corrected chi connectivity index (χ4v) is 2.14. The molecule has 0 unspecified atom stereocenters. The average Bonchev–Trinajstić information content (AvgIpc) is 2.70. The number of amides is 1. The maximum absolute atomic E-state index is 13.0. The Balaban J connectivity index is 2.39. The molecule has 2 aromatic rings. The number of nitrogens with zero attached hydrogens (tertiary/aromatic N) is 1. The van der Waals surface area contributed by atoms with Crippen molar-refractivity contribution in [3.8, 4) is 0 Å². The first-order chi connectivity index (χ1) is 9.70. The van der Waals surface area contributed by atoms with Gasteiger partial charge in [0.2, 0.25) is 0 Å². The lowest BCUT2D eigenvalue weighted by Gasteiger charge is -2.14. The van der Waals surface area contributed by atoms with Crippen molar-refractivity contribution in [1.29, 1.82) is 0 Å². The SMILES string of the molecule is Cc1[nH]nc(N)c1C(=O)Nc1ccc(Br)cc1C(F)(F)F. The molecule has 1 heterocycles. The predicted octanol–water partition coefficient (Wildman–Crippen LogP) is 3.33. The Morgan fingerprint density at radius 2 is 2.10 bits per heavy atom. The molecular weight excluding hydrogens is 353 g/mol. The minimum Gasteiger partial charge on any atom is -0.382 e. The van der Waals surface area contributed by atoms with Crippen LogP contribution < -0.4 is 11.1 Å². The summed E-state index contributed by atoms with van der Waals surface area (Å²) in [5, 5.41) is 8.33. The average molecular weight is 363 g/mol. The van der Waals surface area contributed by atoms with E-state index in [4.69, 9.17) is 5.73 Å². The number of carbonyl (C=O) groups is 1. The number of hydrogen-bond donors (Lipinski definition) is 3. The second-order valence-corrected chi connectivity index (χ2v) is 5.17. The van der Waals surface area contributed by atoms with Crippen molar-refractivity contribution in [1.82, 2.24) is 10.2 Å². The van der Waals surface area contributed by atoms with Crippen molar-refractivity contribution in [3.05, 3.63) is 39.5 Å². The summed E-state index contributed by atoms with van der Waals surface area (Å²) in [7, 11) is 0. The van der Waals surface area contributed by atoms with Crippen LogP contribution in [0.15, 0.2) is 22.7 Å². The number of aryl methyl sites for hydroxylation is 1. The quantitative estimate of drug-likeness (QED) is 0.765. The summed E-state index contributed by atoms with van der Waals surface area (Å²) in [6, 6.07) is 3.45. The third-order valence-electron chi connectivity index (χ3n) is 2.74. The van der Waals surface area contributed by atoms with Crippen LogP contribution in [0.25, 0.3) is 0 Å². The van der Waals surface area contributed by atoms with Gasteiger partial charge >= 0.3 is 6.18 Å². The Morgan fingerprint density at radius 3 is 2.62 bits per heavy atom. The summed E-state index contributed by atoms with van der Waals surface area (Å²) in [4.78, 5) is 12.1. The van der Waals surface area contributed by atoms with Crippen molar-refractivity contribution in [2.45, 2.75) is 13.1 Å². The predicted molar refractivity (Wildman–Crippen MR) is 74.8 cm³/mol. The molecule has 0 saturated heterocycles. The van der Waals surface area contributed by atoms with Crippen molar-refractivity contribution in [2.24, 2.45) is 0 Å². The van der Waals surface area contributed by atoms with Crippen LogP contribution >= 0.6 is 15.9 Å². The summed E-state index contributed by atoms with van der Waals surface area (Å²) >= 11 is 2.97. The van der Waals surface area contributed by atoms with Crippen LogP contribution in [0.5, 0.6) is 0 Å². The van der Waals surface area contributed by atoms with Crippen molar-refractivity contribution < 1.29 is 18.0 Å². The number of anilines is 2. The second-order valence-electron chi connectivity index (χ2n) is 4.25. The second kappa shape index (κ2) is 5.40. The Kier molecular flexibility index (Phi) is 3.95. The number of aromatic amines is 1. The molecule has 0 saturated carbocycles. The first-order valence-electron chi connectivity index (χ1n) is 5.68. The molecule has 1 aromatic heterocycles. The molecule has 112 valence electrons. The van der Waals surface area contributed by atoms with Gasteiger partial charge < -0.3 is 11.1 Å². The van der Waals surface area contributed by atoms with E-state index in [-0.39, 0.29) is 21.5 Å². The molecule has 0 aliphatic rings. The summed E-state index contributed by atoms with van der Waals surface area (Å²) < 4.78 is 39.1. The number of nitrogens with two attached hydrogens (primary N) is 1. The minimum absolute atomic E-state index is 0.0195. The van der Waals surface area contributed by atoms with Gasteiger partial charge in [0.05, 0.1) is 11.3 Å². The lowest BCUT2D eigenvalue weighted by Crippen LogP contribution is -2.18. The summed E-state index contributed by atoms with van der Waals surface area (Å²) in [5.41, 5.74) is 4.60. The number of rotatable bonds is 2. The van der Waals surface area contributed by atoms with Gasteiger partial charge in [-0.05, 0) is 25.1 Å². The highest BCUT2D eigenvalue weighted by molar-refractivity contribution is 9.10. The number of benzene rings is 1. The van der Waals surface area contributed by atoms with Crippen molar-refractivity contribution >= 4 is 33.3 Å². The molecule has 2 rings (SSSR count). The number of alkyl halides is 3. The molecule has 0 spiro atoms. The lowest BCUT2D eigenvalue weighted by atomic mass is 10.1. The fraction of sp³-hybridized carbons (Fsp3) is 0.167. The monoisotopic (exact) mass is 362 g/mol. The van der Waals surface area contributed by atoms with Crippen LogP contribution in [0.3, 0.4) is 0 Å². The van der Waals surface area contributed by atoms with E-state index in [1.807, 2.05) is 0 Å². The van der Waals surface area contributed by atoms with Crippen molar-refractivity contribution in [3.63, 3.8) is 0 Å². The Labute approximate surface area is 125 Å². The highest BCUT2D eigenvalue weighted by atomic mass is 79.9. The molecule has 5 nitrogen and oxygen atoms in total. The van der Waals surface area contributed by atoms with Crippen LogP contribution in [0, 0.1) is 6.92 Å². The van der Waals surface area contributed by atoms with Crippen molar-refractivity contribution in [2.75, 3.05) is 11.1 Å². The maximum atomic E-state index is 13.0. The van der Waals surface area contributed by atoms with Crippen LogP contribution in [0.4, 0.5) is 24.7 Å². The van der Waals surface area contributed by atoms with Gasteiger partial charge in [-0.25, -0.2) is 0 Å². The number of H-pyrrole nitrogens is 1. The molecule has 0 aliphatic heterocycles. The first-order valence-corrected chi connectivity index (χ1v) is 6.48. The lowest BCUT2D eigenvalue weighted by molar-refractivity contribution is -0.136. The van der Waals surface area contributed by atoms with Gasteiger partial charge in [0.15, 0.2) is 5.82 Å². The van der Waals surface area contributed by atoms with Gasteiger partial charge in [0.25, 0.3) is 5.91 Å². The zero-order valence-electron chi connectivity index (χ0n) is 10.7. The van der Waals surface area contributed by atoms with E-state index in [0.717, 1.165) is 12.1 Å². The normalized spacial score (nSPS) is 11.5. The van der Waals surface area contributed by atoms with E-state index in [0.29, 0.717) is 5.69 Å². The van der Waals surface area contributed by atoms with Gasteiger partial charge in [-0.1, -0.05) is 15.9 Å². The summed E-state index contributed by atoms with van der Waals surface area (Å²) in [6.45, 7) is 1.55. The van der Waals surface area contributed by atoms with E-state index in [1.54, 1.807) is 6.92 Å². The highest BCUT2D eigenvalue weighted by Crippen LogP contribution is 2.36. The number of hydrogen-bond acceptors (Lipinski definition) is 3. The molecule has 1 amide bonds. The topological polar surface area (TPSA) is 83.8 Å². The van der Waals surface area contributed by atoms with Crippen LogP contribution in [0.2, 0.25) is 0 Å². The molecule has 0 aliphatic carbocycles. The molecule has 0 radical (unpaired) electrons. The maximum Gasteiger partial charge on any atom is 0.418 e. The van der Waals surface area contributed by atoms with E-state index >= 15 is 0 Å². The van der Waals surface area contributed by atoms with Crippen LogP contribution in [-0.4, -0.2) is 16.1 Å². The zero-order chi connectivity index (χ0) is 15.8. The molecule has 1 aromatic carbocycles. The summed E-state index contributed by atoms with van der Waals surface area (Å²) in [5.74, 6) is -0.831. The molecule has 0 atom stereocenters. The van der Waals surface area contributed by atoms with Crippen LogP contribution in [-0.2, 0) is 6.18 Å². The number of aromatic nitrogens is 2. The Hall–Kier alpha value is -2.03. The van der Waals surface area contributed by atoms with E-state index in [2.05, 4.69) is 31.4 Å². The zero-order valence-corrected chi connectivity index (χ0v) is 12.3. The number of carbonyl (C=O) groups excluding carboxylic acids is 1. The summed E-state index contributed by atoms with van der Waals surface area (Å²) in [6.07, 6.45) is -4.59. The highest BCUT2D eigenvalue weighted by Gasteiger charge is 2.34. The third-order valence-corrected chi connectivity index (χ3v) is 3.23. The molecular formula is C12H10BrF3N4O. The van der Waals surface area contributed by atoms with Gasteiger partial charge in [0, 0.05) is 10.2 Å². The van der Waals surface area contributed by atoms with Gasteiger partial charge in [-0.3, -0.25) is 9.89 Å². The smallest absolute Gasteiger partial charge is 0.382 e. The largest absolute Gasteiger partial charge is 0.418 e. The van der Waals surface area contributed by atoms with E-state index in [1.165, 1.54) is 6.07 Å². The molecule has 21 heavy (non-hydrogen) atoms. The Bertz CT molecular complexity index is 677.